The van der Waals surface area contributed by atoms with Gasteiger partial charge in [-0.3, -0.25) is 4.90 Å². The van der Waals surface area contributed by atoms with Gasteiger partial charge in [-0.1, -0.05) is 31.2 Å². The third-order valence-electron chi connectivity index (χ3n) is 4.80. The molecule has 2 unspecified atom stereocenters. The van der Waals surface area contributed by atoms with Crippen LogP contribution in [0, 0.1) is 0 Å². The van der Waals surface area contributed by atoms with Gasteiger partial charge in [-0.05, 0) is 43.4 Å². The standard InChI is InChI=1S/C18H28N2O/c1-14(11-19-17-7-8-17)16-5-3-15(4-6-16)12-20(2)18-9-10-21-13-18/h3-6,14,17-19H,7-13H2,1-2H3. The van der Waals surface area contributed by atoms with E-state index in [4.69, 9.17) is 4.74 Å². The van der Waals surface area contributed by atoms with Gasteiger partial charge in [0.25, 0.3) is 0 Å². The van der Waals surface area contributed by atoms with Crippen LogP contribution in [-0.2, 0) is 11.3 Å². The maximum absolute atomic E-state index is 5.47. The highest BCUT2D eigenvalue weighted by molar-refractivity contribution is 5.25. The Morgan fingerprint density at radius 1 is 1.24 bits per heavy atom. The van der Waals surface area contributed by atoms with Gasteiger partial charge in [0.1, 0.15) is 0 Å². The Morgan fingerprint density at radius 2 is 2.00 bits per heavy atom. The number of hydrogen-bond acceptors (Lipinski definition) is 3. The molecule has 1 aliphatic carbocycles. The minimum atomic E-state index is 0.589. The van der Waals surface area contributed by atoms with E-state index in [1.54, 1.807) is 0 Å². The van der Waals surface area contributed by atoms with E-state index in [9.17, 15) is 0 Å². The molecule has 2 atom stereocenters. The van der Waals surface area contributed by atoms with Crippen LogP contribution in [0.25, 0.3) is 0 Å². The van der Waals surface area contributed by atoms with Gasteiger partial charge in [-0.15, -0.1) is 0 Å². The first kappa shape index (κ1) is 15.0. The average Bonchev–Trinajstić information content (AvgIpc) is 3.16. The first-order chi connectivity index (χ1) is 10.2. The van der Waals surface area contributed by atoms with E-state index in [2.05, 4.69) is 48.5 Å². The zero-order chi connectivity index (χ0) is 14.7. The lowest BCUT2D eigenvalue weighted by Crippen LogP contribution is -2.31. The summed E-state index contributed by atoms with van der Waals surface area (Å²) >= 11 is 0. The number of ether oxygens (including phenoxy) is 1. The lowest BCUT2D eigenvalue weighted by atomic mass is 9.99. The van der Waals surface area contributed by atoms with Gasteiger partial charge >= 0.3 is 0 Å². The summed E-state index contributed by atoms with van der Waals surface area (Å²) in [5.41, 5.74) is 2.84. The van der Waals surface area contributed by atoms with Crippen molar-refractivity contribution in [3.8, 4) is 0 Å². The van der Waals surface area contributed by atoms with Crippen LogP contribution < -0.4 is 5.32 Å². The molecule has 0 bridgehead atoms. The second kappa shape index (κ2) is 6.91. The monoisotopic (exact) mass is 288 g/mol. The first-order valence-electron chi connectivity index (χ1n) is 8.32. The van der Waals surface area contributed by atoms with E-state index in [1.165, 1.54) is 30.4 Å². The molecule has 2 fully saturated rings. The van der Waals surface area contributed by atoms with Crippen LogP contribution in [0.15, 0.2) is 24.3 Å². The Morgan fingerprint density at radius 3 is 2.62 bits per heavy atom. The van der Waals surface area contributed by atoms with Crippen LogP contribution in [-0.4, -0.2) is 43.8 Å². The molecule has 1 saturated carbocycles. The molecule has 1 saturated heterocycles. The van der Waals surface area contributed by atoms with Crippen molar-refractivity contribution in [1.82, 2.24) is 10.2 Å². The quantitative estimate of drug-likeness (QED) is 0.835. The summed E-state index contributed by atoms with van der Waals surface area (Å²) in [6.07, 6.45) is 3.89. The highest BCUT2D eigenvalue weighted by Gasteiger charge is 2.21. The van der Waals surface area contributed by atoms with Gasteiger partial charge in [-0.25, -0.2) is 0 Å². The van der Waals surface area contributed by atoms with E-state index in [0.29, 0.717) is 12.0 Å². The molecule has 1 aromatic carbocycles. The summed E-state index contributed by atoms with van der Waals surface area (Å²) in [4.78, 5) is 2.42. The molecule has 1 aromatic rings. The van der Waals surface area contributed by atoms with E-state index in [0.717, 1.165) is 32.3 Å². The van der Waals surface area contributed by atoms with Gasteiger partial charge in [0.2, 0.25) is 0 Å². The second-order valence-corrected chi connectivity index (χ2v) is 6.76. The summed E-state index contributed by atoms with van der Waals surface area (Å²) in [7, 11) is 2.20. The average molecular weight is 288 g/mol. The third kappa shape index (κ3) is 4.29. The summed E-state index contributed by atoms with van der Waals surface area (Å²) in [5.74, 6) is 0.598. The van der Waals surface area contributed by atoms with Crippen molar-refractivity contribution in [2.45, 2.75) is 50.7 Å². The highest BCUT2D eigenvalue weighted by Crippen LogP contribution is 2.22. The number of nitrogens with one attached hydrogen (secondary N) is 1. The Hall–Kier alpha value is -0.900. The smallest absolute Gasteiger partial charge is 0.0622 e. The lowest BCUT2D eigenvalue weighted by Gasteiger charge is -2.23. The fraction of sp³-hybridized carbons (Fsp3) is 0.667. The maximum Gasteiger partial charge on any atom is 0.0622 e. The lowest BCUT2D eigenvalue weighted by molar-refractivity contribution is 0.156. The maximum atomic E-state index is 5.47. The molecule has 0 aromatic heterocycles. The zero-order valence-corrected chi connectivity index (χ0v) is 13.3. The van der Waals surface area contributed by atoms with Crippen molar-refractivity contribution < 1.29 is 4.74 Å². The van der Waals surface area contributed by atoms with Crippen molar-refractivity contribution in [3.63, 3.8) is 0 Å². The van der Waals surface area contributed by atoms with Gasteiger partial charge in [0.05, 0.1) is 6.61 Å². The van der Waals surface area contributed by atoms with Crippen molar-refractivity contribution in [3.05, 3.63) is 35.4 Å². The molecule has 0 radical (unpaired) electrons. The summed E-state index contributed by atoms with van der Waals surface area (Å²) in [6, 6.07) is 10.6. The van der Waals surface area contributed by atoms with Crippen LogP contribution in [0.4, 0.5) is 0 Å². The largest absolute Gasteiger partial charge is 0.380 e. The molecule has 3 rings (SSSR count). The Balaban J connectivity index is 1.50. The second-order valence-electron chi connectivity index (χ2n) is 6.76. The molecule has 21 heavy (non-hydrogen) atoms. The van der Waals surface area contributed by atoms with Crippen LogP contribution >= 0.6 is 0 Å². The molecule has 3 heteroatoms. The molecule has 0 amide bonds. The number of rotatable bonds is 7. The normalized spacial score (nSPS) is 23.7. The zero-order valence-electron chi connectivity index (χ0n) is 13.3. The highest BCUT2D eigenvalue weighted by atomic mass is 16.5. The van der Waals surface area contributed by atoms with Gasteiger partial charge < -0.3 is 10.1 Å². The van der Waals surface area contributed by atoms with Gasteiger partial charge in [0.15, 0.2) is 0 Å². The number of benzene rings is 1. The topological polar surface area (TPSA) is 24.5 Å². The molecule has 1 aliphatic heterocycles. The number of hydrogen-bond donors (Lipinski definition) is 1. The van der Waals surface area contributed by atoms with Crippen LogP contribution in [0.2, 0.25) is 0 Å². The van der Waals surface area contributed by atoms with Crippen molar-refractivity contribution in [1.29, 1.82) is 0 Å². The molecule has 3 nitrogen and oxygen atoms in total. The molecule has 1 N–H and O–H groups in total. The van der Waals surface area contributed by atoms with Crippen molar-refractivity contribution in [2.24, 2.45) is 0 Å². The molecule has 1 heterocycles. The van der Waals surface area contributed by atoms with Gasteiger partial charge in [0, 0.05) is 31.8 Å². The fourth-order valence-electron chi connectivity index (χ4n) is 2.99. The number of nitrogens with zero attached hydrogens (tertiary/aromatic N) is 1. The number of likely N-dealkylation sites (N-methyl/N-ethyl adjacent to an activating group) is 1. The van der Waals surface area contributed by atoms with Crippen LogP contribution in [0.1, 0.15) is 43.2 Å². The fourth-order valence-corrected chi connectivity index (χ4v) is 2.99. The van der Waals surface area contributed by atoms with Crippen LogP contribution in [0.3, 0.4) is 0 Å². The SMILES string of the molecule is CC(CNC1CC1)c1ccc(CN(C)C2CCOC2)cc1. The minimum absolute atomic E-state index is 0.589. The first-order valence-corrected chi connectivity index (χ1v) is 8.32. The molecule has 2 aliphatic rings. The molecule has 0 spiro atoms. The van der Waals surface area contributed by atoms with E-state index in [-0.39, 0.29) is 0 Å². The predicted molar refractivity (Wildman–Crippen MR) is 86.6 cm³/mol. The van der Waals surface area contributed by atoms with Crippen LogP contribution in [0.5, 0.6) is 0 Å². The van der Waals surface area contributed by atoms with E-state index in [1.807, 2.05) is 0 Å². The van der Waals surface area contributed by atoms with Gasteiger partial charge in [-0.2, -0.15) is 0 Å². The minimum Gasteiger partial charge on any atom is -0.380 e. The van der Waals surface area contributed by atoms with Crippen molar-refractivity contribution >= 4 is 0 Å². The Kier molecular flexibility index (Phi) is 4.94. The summed E-state index contributed by atoms with van der Waals surface area (Å²) in [6.45, 7) is 6.23. The third-order valence-corrected chi connectivity index (χ3v) is 4.80. The Bertz CT molecular complexity index is 435. The summed E-state index contributed by atoms with van der Waals surface area (Å²) in [5, 5.41) is 3.62. The van der Waals surface area contributed by atoms with Crippen molar-refractivity contribution in [2.75, 3.05) is 26.8 Å². The Labute approximate surface area is 128 Å². The molecular formula is C18H28N2O. The molecule has 116 valence electrons. The van der Waals surface area contributed by atoms with E-state index >= 15 is 0 Å². The predicted octanol–water partition coefficient (Wildman–Crippen LogP) is 2.76. The molecular weight excluding hydrogens is 260 g/mol. The summed E-state index contributed by atoms with van der Waals surface area (Å²) < 4.78 is 5.47. The van der Waals surface area contributed by atoms with E-state index < -0.39 is 0 Å².